The molecule has 1 heterocycles. The maximum atomic E-state index is 11.9. The van der Waals surface area contributed by atoms with Crippen LogP contribution in [0.25, 0.3) is 0 Å². The van der Waals surface area contributed by atoms with Crippen LogP contribution >= 0.6 is 0 Å². The molecule has 1 fully saturated rings. The molecule has 0 bridgehead atoms. The molecule has 0 spiro atoms. The number of carbonyl (C=O) groups is 2. The zero-order valence-electron chi connectivity index (χ0n) is 12.5. The first kappa shape index (κ1) is 16.7. The number of carbonyl (C=O) groups excluding carboxylic acids is 2. The molecule has 0 aliphatic carbocycles. The van der Waals surface area contributed by atoms with Crippen molar-refractivity contribution in [2.75, 3.05) is 0 Å². The summed E-state index contributed by atoms with van der Waals surface area (Å²) in [6.45, 7) is 8.67. The van der Waals surface area contributed by atoms with Gasteiger partial charge in [0.1, 0.15) is 0 Å². The summed E-state index contributed by atoms with van der Waals surface area (Å²) >= 11 is 0. The van der Waals surface area contributed by atoms with Gasteiger partial charge in [-0.2, -0.15) is 0 Å². The predicted octanol–water partition coefficient (Wildman–Crippen LogP) is 1.58. The van der Waals surface area contributed by atoms with Gasteiger partial charge in [0.25, 0.3) is 0 Å². The van der Waals surface area contributed by atoms with Crippen LogP contribution in [0.15, 0.2) is 12.2 Å². The van der Waals surface area contributed by atoms with E-state index in [1.165, 1.54) is 0 Å². The van der Waals surface area contributed by atoms with Gasteiger partial charge in [-0.15, -0.1) is 0 Å². The maximum Gasteiger partial charge on any atom is 0.339 e. The van der Waals surface area contributed by atoms with Crippen LogP contribution in [-0.2, 0) is 28.5 Å². The van der Waals surface area contributed by atoms with E-state index in [2.05, 4.69) is 0 Å². The largest absolute Gasteiger partial charge is 0.461 e. The van der Waals surface area contributed by atoms with Crippen LogP contribution in [-0.4, -0.2) is 42.6 Å². The first-order valence-electron chi connectivity index (χ1n) is 6.69. The second kappa shape index (κ2) is 7.40. The first-order valence-corrected chi connectivity index (χ1v) is 6.69. The minimum atomic E-state index is -1.11. The van der Waals surface area contributed by atoms with E-state index in [9.17, 15) is 9.59 Å². The van der Waals surface area contributed by atoms with Gasteiger partial charge in [0.15, 0.2) is 18.5 Å². The lowest BCUT2D eigenvalue weighted by Gasteiger charge is -2.17. The van der Waals surface area contributed by atoms with Crippen LogP contribution < -0.4 is 0 Å². The summed E-state index contributed by atoms with van der Waals surface area (Å²) in [4.78, 5) is 23.9. The summed E-state index contributed by atoms with van der Waals surface area (Å²) in [7, 11) is 0. The highest BCUT2D eigenvalue weighted by molar-refractivity contribution is 5.86. The molecule has 0 radical (unpaired) electrons. The lowest BCUT2D eigenvalue weighted by Crippen LogP contribution is -2.40. The van der Waals surface area contributed by atoms with E-state index in [1.807, 2.05) is 0 Å². The van der Waals surface area contributed by atoms with Gasteiger partial charge in [-0.1, -0.05) is 6.08 Å². The molecule has 114 valence electrons. The third kappa shape index (κ3) is 4.61. The van der Waals surface area contributed by atoms with E-state index >= 15 is 0 Å². The molecule has 1 saturated heterocycles. The van der Waals surface area contributed by atoms with Gasteiger partial charge in [-0.05, 0) is 40.7 Å². The van der Waals surface area contributed by atoms with E-state index in [1.54, 1.807) is 46.8 Å². The number of ether oxygens (including phenoxy) is 4. The van der Waals surface area contributed by atoms with Gasteiger partial charge in [-0.3, -0.25) is 0 Å². The van der Waals surface area contributed by atoms with Gasteiger partial charge >= 0.3 is 11.9 Å². The van der Waals surface area contributed by atoms with Crippen LogP contribution in [0.1, 0.15) is 34.6 Å². The molecule has 1 aliphatic heterocycles. The van der Waals surface area contributed by atoms with Gasteiger partial charge in [-0.25, -0.2) is 9.59 Å². The van der Waals surface area contributed by atoms with E-state index in [0.717, 1.165) is 0 Å². The summed E-state index contributed by atoms with van der Waals surface area (Å²) in [6, 6.07) is 0. The SMILES string of the molecule is CC=CC1O[C@H](C(=O)OC(C)C)[C@@H](C(=O)OC(C)C)O1. The van der Waals surface area contributed by atoms with Crippen molar-refractivity contribution in [3.8, 4) is 0 Å². The Kier molecular flexibility index (Phi) is 6.16. The second-order valence-corrected chi connectivity index (χ2v) is 4.98. The first-order chi connectivity index (χ1) is 9.35. The fourth-order valence-electron chi connectivity index (χ4n) is 1.67. The molecular weight excluding hydrogens is 264 g/mol. The van der Waals surface area contributed by atoms with Crippen LogP contribution in [0.3, 0.4) is 0 Å². The van der Waals surface area contributed by atoms with E-state index in [4.69, 9.17) is 18.9 Å². The monoisotopic (exact) mass is 286 g/mol. The summed E-state index contributed by atoms with van der Waals surface area (Å²) < 4.78 is 20.9. The van der Waals surface area contributed by atoms with Gasteiger partial charge < -0.3 is 18.9 Å². The summed E-state index contributed by atoms with van der Waals surface area (Å²) in [6.07, 6.45) is -0.240. The Morgan fingerprint density at radius 3 is 1.65 bits per heavy atom. The maximum absolute atomic E-state index is 11.9. The molecule has 0 unspecified atom stereocenters. The van der Waals surface area contributed by atoms with Crippen LogP contribution in [0.2, 0.25) is 0 Å². The zero-order chi connectivity index (χ0) is 15.3. The third-order valence-corrected chi connectivity index (χ3v) is 2.35. The molecule has 0 aromatic heterocycles. The van der Waals surface area contributed by atoms with Crippen molar-refractivity contribution < 1.29 is 28.5 Å². The average Bonchev–Trinajstić information content (AvgIpc) is 2.72. The molecule has 2 atom stereocenters. The molecular formula is C14H22O6. The topological polar surface area (TPSA) is 71.1 Å². The lowest BCUT2D eigenvalue weighted by molar-refractivity contribution is -0.167. The summed E-state index contributed by atoms with van der Waals surface area (Å²) in [5, 5.41) is 0. The Morgan fingerprint density at radius 1 is 0.950 bits per heavy atom. The Labute approximate surface area is 119 Å². The van der Waals surface area contributed by atoms with E-state index in [-0.39, 0.29) is 12.2 Å². The van der Waals surface area contributed by atoms with Crippen molar-refractivity contribution in [3.05, 3.63) is 12.2 Å². The highest BCUT2D eigenvalue weighted by Gasteiger charge is 2.46. The molecule has 20 heavy (non-hydrogen) atoms. The molecule has 0 N–H and O–H groups in total. The quantitative estimate of drug-likeness (QED) is 0.564. The fourth-order valence-corrected chi connectivity index (χ4v) is 1.67. The summed E-state index contributed by atoms with van der Waals surface area (Å²) in [5.74, 6) is -1.25. The molecule has 0 aromatic carbocycles. The summed E-state index contributed by atoms with van der Waals surface area (Å²) in [5.41, 5.74) is 0. The highest BCUT2D eigenvalue weighted by atomic mass is 16.8. The standard InChI is InChI=1S/C14H22O6/c1-6-7-10-19-11(13(15)17-8(2)3)12(20-10)14(16)18-9(4)5/h6-12H,1-5H3/t11-,12-/m0/s1. The molecule has 0 saturated carbocycles. The Morgan fingerprint density at radius 2 is 1.35 bits per heavy atom. The molecule has 6 heteroatoms. The Hall–Kier alpha value is -1.40. The van der Waals surface area contributed by atoms with Crippen molar-refractivity contribution >= 4 is 11.9 Å². The van der Waals surface area contributed by atoms with Crippen LogP contribution in [0, 0.1) is 0 Å². The van der Waals surface area contributed by atoms with E-state index < -0.39 is 30.4 Å². The lowest BCUT2D eigenvalue weighted by atomic mass is 10.2. The zero-order valence-corrected chi connectivity index (χ0v) is 12.5. The van der Waals surface area contributed by atoms with Gasteiger partial charge in [0, 0.05) is 0 Å². The second-order valence-electron chi connectivity index (χ2n) is 4.98. The molecule has 6 nitrogen and oxygen atoms in total. The van der Waals surface area contributed by atoms with Crippen molar-refractivity contribution in [2.45, 2.75) is 65.3 Å². The minimum Gasteiger partial charge on any atom is -0.461 e. The van der Waals surface area contributed by atoms with Gasteiger partial charge in [0.2, 0.25) is 0 Å². The fraction of sp³-hybridized carbons (Fsp3) is 0.714. The number of allylic oxidation sites excluding steroid dienone is 1. The van der Waals surface area contributed by atoms with Crippen molar-refractivity contribution in [1.29, 1.82) is 0 Å². The van der Waals surface area contributed by atoms with Crippen molar-refractivity contribution in [3.63, 3.8) is 0 Å². The van der Waals surface area contributed by atoms with Crippen LogP contribution in [0.4, 0.5) is 0 Å². The Bertz CT molecular complexity index is 344. The molecule has 0 aromatic rings. The number of rotatable bonds is 5. The van der Waals surface area contributed by atoms with E-state index in [0.29, 0.717) is 0 Å². The van der Waals surface area contributed by atoms with Crippen LogP contribution in [0.5, 0.6) is 0 Å². The highest BCUT2D eigenvalue weighted by Crippen LogP contribution is 2.23. The smallest absolute Gasteiger partial charge is 0.339 e. The van der Waals surface area contributed by atoms with Crippen molar-refractivity contribution in [2.24, 2.45) is 0 Å². The number of hydrogen-bond donors (Lipinski definition) is 0. The normalized spacial score (nSPS) is 23.8. The third-order valence-electron chi connectivity index (χ3n) is 2.35. The molecule has 1 aliphatic rings. The minimum absolute atomic E-state index is 0.298. The molecule has 0 amide bonds. The number of esters is 2. The van der Waals surface area contributed by atoms with Crippen molar-refractivity contribution in [1.82, 2.24) is 0 Å². The Balaban J connectivity index is 2.80. The number of hydrogen-bond acceptors (Lipinski definition) is 6. The predicted molar refractivity (Wildman–Crippen MR) is 70.8 cm³/mol. The van der Waals surface area contributed by atoms with Gasteiger partial charge in [0.05, 0.1) is 12.2 Å². The molecule has 1 rings (SSSR count). The average molecular weight is 286 g/mol.